The molecule has 0 atom stereocenters. The number of hydrogen-bond donors (Lipinski definition) is 0. The fourth-order valence-electron chi connectivity index (χ4n) is 4.22. The SMILES string of the molecule is CN1C(=CC=NN2CCN(c3ccc(Cl)cc3)CC2)C(C)(C)c2ccccc21. The van der Waals surface area contributed by atoms with E-state index in [1.54, 1.807) is 0 Å². The number of fused-ring (bicyclic) bond motifs is 1. The maximum atomic E-state index is 5.99. The van der Waals surface area contributed by atoms with Gasteiger partial charge in [0, 0.05) is 53.9 Å². The second kappa shape index (κ2) is 7.51. The van der Waals surface area contributed by atoms with Gasteiger partial charge in [-0.25, -0.2) is 0 Å². The Labute approximate surface area is 172 Å². The molecule has 2 aromatic carbocycles. The van der Waals surface area contributed by atoms with Gasteiger partial charge in [-0.15, -0.1) is 0 Å². The van der Waals surface area contributed by atoms with Crippen molar-refractivity contribution in [1.29, 1.82) is 0 Å². The van der Waals surface area contributed by atoms with Crippen molar-refractivity contribution in [3.63, 3.8) is 0 Å². The van der Waals surface area contributed by atoms with Gasteiger partial charge in [0.05, 0.1) is 13.1 Å². The standard InChI is InChI=1S/C23H27ClN4/c1-23(2)20-6-4-5-7-21(20)26(3)22(23)12-13-25-28-16-14-27(15-17-28)19-10-8-18(24)9-11-19/h4-13H,14-17H2,1-3H3. The molecular weight excluding hydrogens is 368 g/mol. The van der Waals surface area contributed by atoms with Crippen molar-refractivity contribution in [2.24, 2.45) is 5.10 Å². The smallest absolute Gasteiger partial charge is 0.0536 e. The number of piperazine rings is 1. The van der Waals surface area contributed by atoms with E-state index < -0.39 is 0 Å². The first-order valence-corrected chi connectivity index (χ1v) is 10.2. The van der Waals surface area contributed by atoms with Gasteiger partial charge in [0.1, 0.15) is 0 Å². The second-order valence-corrected chi connectivity index (χ2v) is 8.37. The number of allylic oxidation sites excluding steroid dienone is 2. The molecule has 0 radical (unpaired) electrons. The highest BCUT2D eigenvalue weighted by molar-refractivity contribution is 6.30. The fourth-order valence-corrected chi connectivity index (χ4v) is 4.35. The minimum atomic E-state index is -0.00928. The Kier molecular flexibility index (Phi) is 5.07. The lowest BCUT2D eigenvalue weighted by atomic mass is 9.84. The molecule has 2 heterocycles. The molecule has 0 bridgehead atoms. The molecule has 2 aliphatic heterocycles. The molecule has 4 nitrogen and oxygen atoms in total. The highest BCUT2D eigenvalue weighted by atomic mass is 35.5. The van der Waals surface area contributed by atoms with Crippen LogP contribution in [0.3, 0.4) is 0 Å². The predicted octanol–water partition coefficient (Wildman–Crippen LogP) is 4.76. The van der Waals surface area contributed by atoms with Crippen molar-refractivity contribution in [2.45, 2.75) is 19.3 Å². The molecule has 0 saturated carbocycles. The molecule has 1 saturated heterocycles. The number of rotatable bonds is 3. The van der Waals surface area contributed by atoms with Gasteiger partial charge in [-0.2, -0.15) is 5.10 Å². The Hall–Kier alpha value is -2.46. The minimum absolute atomic E-state index is 0.00928. The highest BCUT2D eigenvalue weighted by Crippen LogP contribution is 2.46. The van der Waals surface area contributed by atoms with E-state index in [0.717, 1.165) is 31.2 Å². The number of likely N-dealkylation sites (N-methyl/N-ethyl adjacent to an activating group) is 1. The molecule has 0 amide bonds. The first-order chi connectivity index (χ1) is 13.5. The molecular formula is C23H27ClN4. The summed E-state index contributed by atoms with van der Waals surface area (Å²) in [6.07, 6.45) is 4.11. The summed E-state index contributed by atoms with van der Waals surface area (Å²) in [7, 11) is 2.14. The third kappa shape index (κ3) is 3.49. The summed E-state index contributed by atoms with van der Waals surface area (Å²) >= 11 is 5.99. The second-order valence-electron chi connectivity index (χ2n) is 7.93. The lowest BCUT2D eigenvalue weighted by molar-refractivity contribution is 0.272. The molecule has 0 N–H and O–H groups in total. The molecule has 0 aliphatic carbocycles. The third-order valence-corrected chi connectivity index (χ3v) is 6.10. The van der Waals surface area contributed by atoms with Gasteiger partial charge in [-0.05, 0) is 42.0 Å². The summed E-state index contributed by atoms with van der Waals surface area (Å²) in [5.74, 6) is 0. The number of hydrogen-bond acceptors (Lipinski definition) is 4. The van der Waals surface area contributed by atoms with E-state index in [1.165, 1.54) is 22.6 Å². The van der Waals surface area contributed by atoms with E-state index in [9.17, 15) is 0 Å². The van der Waals surface area contributed by atoms with Crippen LogP contribution in [0.2, 0.25) is 5.02 Å². The first kappa shape index (κ1) is 18.9. The van der Waals surface area contributed by atoms with E-state index in [-0.39, 0.29) is 5.41 Å². The molecule has 1 fully saturated rings. The number of para-hydroxylation sites is 1. The van der Waals surface area contributed by atoms with Gasteiger partial charge in [-0.3, -0.25) is 5.01 Å². The Balaban J connectivity index is 1.40. The molecule has 2 aromatic rings. The predicted molar refractivity (Wildman–Crippen MR) is 120 cm³/mol. The monoisotopic (exact) mass is 394 g/mol. The maximum Gasteiger partial charge on any atom is 0.0536 e. The topological polar surface area (TPSA) is 22.1 Å². The van der Waals surface area contributed by atoms with E-state index in [2.05, 4.69) is 78.2 Å². The van der Waals surface area contributed by atoms with Gasteiger partial charge >= 0.3 is 0 Å². The maximum absolute atomic E-state index is 5.99. The average molecular weight is 395 g/mol. The van der Waals surface area contributed by atoms with E-state index in [0.29, 0.717) is 0 Å². The van der Waals surface area contributed by atoms with Crippen molar-refractivity contribution in [3.8, 4) is 0 Å². The molecule has 2 aliphatic rings. The molecule has 5 heteroatoms. The van der Waals surface area contributed by atoms with Gasteiger partial charge < -0.3 is 9.80 Å². The normalized spacial score (nSPS) is 20.3. The van der Waals surface area contributed by atoms with Crippen LogP contribution in [0.25, 0.3) is 0 Å². The lowest BCUT2D eigenvalue weighted by Gasteiger charge is -2.34. The highest BCUT2D eigenvalue weighted by Gasteiger charge is 2.37. The summed E-state index contributed by atoms with van der Waals surface area (Å²) in [5, 5.41) is 7.64. The van der Waals surface area contributed by atoms with Gasteiger partial charge in [0.2, 0.25) is 0 Å². The van der Waals surface area contributed by atoms with Crippen molar-refractivity contribution >= 4 is 29.2 Å². The van der Waals surface area contributed by atoms with Gasteiger partial charge in [-0.1, -0.05) is 43.6 Å². The summed E-state index contributed by atoms with van der Waals surface area (Å²) in [4.78, 5) is 4.66. The first-order valence-electron chi connectivity index (χ1n) is 9.80. The van der Waals surface area contributed by atoms with E-state index in [1.807, 2.05) is 18.3 Å². The molecule has 28 heavy (non-hydrogen) atoms. The van der Waals surface area contributed by atoms with Crippen LogP contribution < -0.4 is 9.80 Å². The molecule has 0 spiro atoms. The lowest BCUT2D eigenvalue weighted by Crippen LogP contribution is -2.44. The van der Waals surface area contributed by atoms with Crippen LogP contribution in [0.1, 0.15) is 19.4 Å². The fraction of sp³-hybridized carbons (Fsp3) is 0.348. The van der Waals surface area contributed by atoms with E-state index >= 15 is 0 Å². The van der Waals surface area contributed by atoms with Crippen molar-refractivity contribution in [2.75, 3.05) is 43.0 Å². The Morgan fingerprint density at radius 1 is 0.964 bits per heavy atom. The number of nitrogens with zero attached hydrogens (tertiary/aromatic N) is 4. The summed E-state index contributed by atoms with van der Waals surface area (Å²) in [6.45, 7) is 8.32. The zero-order chi connectivity index (χ0) is 19.7. The Morgan fingerprint density at radius 3 is 2.32 bits per heavy atom. The van der Waals surface area contributed by atoms with Crippen LogP contribution in [-0.2, 0) is 5.41 Å². The number of halogens is 1. The Bertz CT molecular complexity index is 893. The summed E-state index contributed by atoms with van der Waals surface area (Å²) < 4.78 is 0. The number of hydrazone groups is 1. The summed E-state index contributed by atoms with van der Waals surface area (Å²) in [5.41, 5.74) is 5.14. The van der Waals surface area contributed by atoms with Crippen molar-refractivity contribution < 1.29 is 0 Å². The number of benzene rings is 2. The van der Waals surface area contributed by atoms with Crippen molar-refractivity contribution in [3.05, 3.63) is 70.9 Å². The van der Waals surface area contributed by atoms with Crippen LogP contribution in [0.15, 0.2) is 65.4 Å². The molecule has 0 aromatic heterocycles. The summed E-state index contributed by atoms with van der Waals surface area (Å²) in [6, 6.07) is 16.7. The molecule has 4 rings (SSSR count). The van der Waals surface area contributed by atoms with Gasteiger partial charge in [0.15, 0.2) is 0 Å². The zero-order valence-electron chi connectivity index (χ0n) is 16.8. The third-order valence-electron chi connectivity index (χ3n) is 5.85. The van der Waals surface area contributed by atoms with Crippen LogP contribution in [0, 0.1) is 0 Å². The molecule has 0 unspecified atom stereocenters. The Morgan fingerprint density at radius 2 is 1.64 bits per heavy atom. The van der Waals surface area contributed by atoms with Gasteiger partial charge in [0.25, 0.3) is 0 Å². The van der Waals surface area contributed by atoms with Crippen LogP contribution >= 0.6 is 11.6 Å². The minimum Gasteiger partial charge on any atom is -0.368 e. The van der Waals surface area contributed by atoms with Crippen LogP contribution in [-0.4, -0.2) is 44.5 Å². The van der Waals surface area contributed by atoms with Crippen LogP contribution in [0.4, 0.5) is 11.4 Å². The average Bonchev–Trinajstić information content (AvgIpc) is 2.90. The quantitative estimate of drug-likeness (QED) is 0.701. The largest absolute Gasteiger partial charge is 0.368 e. The zero-order valence-corrected chi connectivity index (χ0v) is 17.5. The number of anilines is 2. The van der Waals surface area contributed by atoms with E-state index in [4.69, 9.17) is 16.7 Å². The van der Waals surface area contributed by atoms with Crippen molar-refractivity contribution in [1.82, 2.24) is 5.01 Å². The van der Waals surface area contributed by atoms with Crippen LogP contribution in [0.5, 0.6) is 0 Å². The molecule has 146 valence electrons.